The first-order valence-electron chi connectivity index (χ1n) is 6.95. The number of carbonyl (C=O) groups excluding carboxylic acids is 1. The highest BCUT2D eigenvalue weighted by Gasteiger charge is 2.18. The van der Waals surface area contributed by atoms with Crippen LogP contribution in [0.25, 0.3) is 0 Å². The molecule has 0 aliphatic rings. The molecule has 0 heterocycles. The van der Waals surface area contributed by atoms with Crippen molar-refractivity contribution in [1.82, 2.24) is 5.43 Å². The number of hydrazone groups is 1. The van der Waals surface area contributed by atoms with Crippen molar-refractivity contribution in [2.45, 2.75) is 0 Å². The van der Waals surface area contributed by atoms with E-state index >= 15 is 0 Å². The summed E-state index contributed by atoms with van der Waals surface area (Å²) in [7, 11) is 2.74. The molecule has 2 rings (SSSR count). The average Bonchev–Trinajstić information content (AvgIpc) is 2.61. The van der Waals surface area contributed by atoms with E-state index in [0.717, 1.165) is 4.47 Å². The lowest BCUT2D eigenvalue weighted by molar-refractivity contribution is -0.385. The zero-order valence-electron chi connectivity index (χ0n) is 13.4. The molecule has 130 valence electrons. The van der Waals surface area contributed by atoms with E-state index < -0.39 is 10.8 Å². The molecule has 0 saturated heterocycles. The summed E-state index contributed by atoms with van der Waals surface area (Å²) in [5.41, 5.74) is 2.87. The molecule has 9 heteroatoms. The van der Waals surface area contributed by atoms with Gasteiger partial charge in [0.15, 0.2) is 0 Å². The maximum Gasteiger partial charge on any atom is 0.311 e. The summed E-state index contributed by atoms with van der Waals surface area (Å²) in [6.45, 7) is 0. The minimum atomic E-state index is -0.573. The molecular formula is C16H14BrN3O5. The van der Waals surface area contributed by atoms with Crippen LogP contribution in [-0.4, -0.2) is 31.3 Å². The Morgan fingerprint density at radius 3 is 2.40 bits per heavy atom. The number of methoxy groups -OCH3 is 2. The van der Waals surface area contributed by atoms with E-state index in [1.165, 1.54) is 32.6 Å². The number of nitro benzene ring substituents is 1. The van der Waals surface area contributed by atoms with Gasteiger partial charge < -0.3 is 9.47 Å². The third-order valence-electron chi connectivity index (χ3n) is 3.20. The summed E-state index contributed by atoms with van der Waals surface area (Å²) in [6.07, 6.45) is 1.27. The monoisotopic (exact) mass is 407 g/mol. The average molecular weight is 408 g/mol. The lowest BCUT2D eigenvalue weighted by Gasteiger charge is -2.08. The predicted octanol–water partition coefficient (Wildman–Crippen LogP) is 3.14. The minimum absolute atomic E-state index is 0.0675. The molecule has 0 unspecified atom stereocenters. The highest BCUT2D eigenvalue weighted by molar-refractivity contribution is 9.10. The summed E-state index contributed by atoms with van der Waals surface area (Å²) < 4.78 is 11.0. The molecule has 1 amide bonds. The second kappa shape index (κ2) is 8.25. The first kappa shape index (κ1) is 18.4. The van der Waals surface area contributed by atoms with Gasteiger partial charge in [0.1, 0.15) is 5.75 Å². The molecule has 2 aromatic rings. The van der Waals surface area contributed by atoms with Gasteiger partial charge in [0, 0.05) is 27.7 Å². The Morgan fingerprint density at radius 2 is 1.84 bits per heavy atom. The van der Waals surface area contributed by atoms with Gasteiger partial charge >= 0.3 is 5.69 Å². The first-order chi connectivity index (χ1) is 12.0. The second-order valence-corrected chi connectivity index (χ2v) is 5.64. The van der Waals surface area contributed by atoms with Gasteiger partial charge in [-0.3, -0.25) is 14.9 Å². The Hall–Kier alpha value is -2.94. The molecule has 0 aliphatic heterocycles. The van der Waals surface area contributed by atoms with E-state index in [-0.39, 0.29) is 11.4 Å². The molecule has 0 aromatic heterocycles. The van der Waals surface area contributed by atoms with Crippen molar-refractivity contribution < 1.29 is 19.2 Å². The molecule has 0 fully saturated rings. The fourth-order valence-electron chi connectivity index (χ4n) is 1.98. The van der Waals surface area contributed by atoms with E-state index in [0.29, 0.717) is 16.9 Å². The van der Waals surface area contributed by atoms with E-state index in [1.54, 1.807) is 24.3 Å². The molecule has 2 aromatic carbocycles. The number of benzene rings is 2. The van der Waals surface area contributed by atoms with Crippen LogP contribution in [0.3, 0.4) is 0 Å². The Balaban J connectivity index is 2.22. The molecule has 8 nitrogen and oxygen atoms in total. The molecule has 0 radical (unpaired) electrons. The van der Waals surface area contributed by atoms with Crippen molar-refractivity contribution in [3.8, 4) is 11.5 Å². The van der Waals surface area contributed by atoms with Crippen LogP contribution in [0.5, 0.6) is 11.5 Å². The van der Waals surface area contributed by atoms with Crippen molar-refractivity contribution in [3.05, 3.63) is 62.1 Å². The highest BCUT2D eigenvalue weighted by atomic mass is 79.9. The molecule has 25 heavy (non-hydrogen) atoms. The van der Waals surface area contributed by atoms with Crippen LogP contribution in [0, 0.1) is 10.1 Å². The number of halogens is 1. The van der Waals surface area contributed by atoms with E-state index in [1.807, 2.05) is 0 Å². The minimum Gasteiger partial charge on any atom is -0.496 e. The van der Waals surface area contributed by atoms with Crippen molar-refractivity contribution >= 4 is 33.7 Å². The Bertz CT molecular complexity index is 821. The normalized spacial score (nSPS) is 10.5. The van der Waals surface area contributed by atoms with E-state index in [9.17, 15) is 14.9 Å². The fraction of sp³-hybridized carbons (Fsp3) is 0.125. The molecule has 0 bridgehead atoms. The largest absolute Gasteiger partial charge is 0.496 e. The first-order valence-corrected chi connectivity index (χ1v) is 7.75. The number of rotatable bonds is 6. The van der Waals surface area contributed by atoms with Crippen molar-refractivity contribution in [2.75, 3.05) is 14.2 Å². The summed E-state index contributed by atoms with van der Waals surface area (Å²) >= 11 is 3.28. The zero-order chi connectivity index (χ0) is 18.4. The summed E-state index contributed by atoms with van der Waals surface area (Å²) in [4.78, 5) is 22.5. The van der Waals surface area contributed by atoms with E-state index in [4.69, 9.17) is 9.47 Å². The quantitative estimate of drug-likeness (QED) is 0.450. The number of amides is 1. The van der Waals surface area contributed by atoms with Gasteiger partial charge in [-0.15, -0.1) is 0 Å². The van der Waals surface area contributed by atoms with Crippen molar-refractivity contribution in [1.29, 1.82) is 0 Å². The summed E-state index contributed by atoms with van der Waals surface area (Å²) in [6, 6.07) is 9.37. The van der Waals surface area contributed by atoms with Gasteiger partial charge in [-0.2, -0.15) is 5.10 Å². The number of nitrogens with zero attached hydrogens (tertiary/aromatic N) is 2. The molecule has 0 saturated carbocycles. The zero-order valence-corrected chi connectivity index (χ0v) is 14.9. The number of nitro groups is 1. The van der Waals surface area contributed by atoms with Crippen LogP contribution in [0.2, 0.25) is 0 Å². The Labute approximate surface area is 151 Å². The molecule has 0 aliphatic carbocycles. The lowest BCUT2D eigenvalue weighted by Crippen LogP contribution is -2.17. The van der Waals surface area contributed by atoms with Crippen LogP contribution in [0.15, 0.2) is 46.0 Å². The van der Waals surface area contributed by atoms with Crippen LogP contribution in [0.4, 0.5) is 5.69 Å². The third-order valence-corrected chi connectivity index (χ3v) is 3.73. The fourth-order valence-corrected chi connectivity index (χ4v) is 2.24. The summed E-state index contributed by atoms with van der Waals surface area (Å²) in [5.74, 6) is -0.0206. The lowest BCUT2D eigenvalue weighted by atomic mass is 10.1. The molecule has 0 spiro atoms. The third kappa shape index (κ3) is 4.54. The Morgan fingerprint density at radius 1 is 1.20 bits per heavy atom. The summed E-state index contributed by atoms with van der Waals surface area (Å²) in [5, 5.41) is 14.9. The van der Waals surface area contributed by atoms with Gasteiger partial charge in [-0.05, 0) is 24.3 Å². The van der Waals surface area contributed by atoms with Gasteiger partial charge in [0.25, 0.3) is 5.91 Å². The number of carbonyl (C=O) groups is 1. The highest BCUT2D eigenvalue weighted by Crippen LogP contribution is 2.33. The van der Waals surface area contributed by atoms with Gasteiger partial charge in [0.2, 0.25) is 5.75 Å². The molecule has 1 N–H and O–H groups in total. The van der Waals surface area contributed by atoms with Gasteiger partial charge in [-0.1, -0.05) is 15.9 Å². The van der Waals surface area contributed by atoms with Crippen LogP contribution in [0.1, 0.15) is 15.9 Å². The number of hydrogen-bond acceptors (Lipinski definition) is 6. The SMILES string of the molecule is COc1cc(OC)c([N+](=O)[O-])cc1/C=N\NC(=O)c1ccc(Br)cc1. The van der Waals surface area contributed by atoms with Crippen LogP contribution >= 0.6 is 15.9 Å². The topological polar surface area (TPSA) is 103 Å². The van der Waals surface area contributed by atoms with Crippen molar-refractivity contribution in [3.63, 3.8) is 0 Å². The van der Waals surface area contributed by atoms with Gasteiger partial charge in [0.05, 0.1) is 25.4 Å². The maximum absolute atomic E-state index is 12.0. The smallest absolute Gasteiger partial charge is 0.311 e. The second-order valence-electron chi connectivity index (χ2n) is 4.73. The van der Waals surface area contributed by atoms with Crippen molar-refractivity contribution in [2.24, 2.45) is 5.10 Å². The predicted molar refractivity (Wildman–Crippen MR) is 95.4 cm³/mol. The standard InChI is InChI=1S/C16H14BrN3O5/c1-24-14-8-15(25-2)13(20(22)23)7-11(14)9-18-19-16(21)10-3-5-12(17)6-4-10/h3-9H,1-2H3,(H,19,21)/b18-9-. The molecular weight excluding hydrogens is 394 g/mol. The molecule has 0 atom stereocenters. The maximum atomic E-state index is 12.0. The Kier molecular flexibility index (Phi) is 6.07. The number of hydrogen-bond donors (Lipinski definition) is 1. The van der Waals surface area contributed by atoms with E-state index in [2.05, 4.69) is 26.5 Å². The number of ether oxygens (including phenoxy) is 2. The number of nitrogens with one attached hydrogen (secondary N) is 1. The van der Waals surface area contributed by atoms with Crippen LogP contribution < -0.4 is 14.9 Å². The van der Waals surface area contributed by atoms with Gasteiger partial charge in [-0.25, -0.2) is 5.43 Å². The van der Waals surface area contributed by atoms with Crippen LogP contribution in [-0.2, 0) is 0 Å².